The van der Waals surface area contributed by atoms with Crippen LogP contribution in [0.3, 0.4) is 0 Å². The van der Waals surface area contributed by atoms with Crippen molar-refractivity contribution in [2.24, 2.45) is 11.8 Å². The molecule has 1 amide bonds. The van der Waals surface area contributed by atoms with Crippen LogP contribution in [0.2, 0.25) is 0 Å². The van der Waals surface area contributed by atoms with Gasteiger partial charge in [-0.2, -0.15) is 0 Å². The Morgan fingerprint density at radius 2 is 1.81 bits per heavy atom. The minimum absolute atomic E-state index is 0.156. The summed E-state index contributed by atoms with van der Waals surface area (Å²) in [6.07, 6.45) is 12.1. The van der Waals surface area contributed by atoms with Gasteiger partial charge in [-0.3, -0.25) is 9.69 Å². The fourth-order valence-corrected chi connectivity index (χ4v) is 5.82. The van der Waals surface area contributed by atoms with Crippen molar-refractivity contribution < 1.29 is 9.53 Å². The largest absolute Gasteiger partial charge is 0.496 e. The number of hydrogen-bond donors (Lipinski definition) is 0. The van der Waals surface area contributed by atoms with Crippen LogP contribution in [0.25, 0.3) is 0 Å². The molecule has 172 valence electrons. The first kappa shape index (κ1) is 23.3. The fourth-order valence-electron chi connectivity index (χ4n) is 5.50. The molecular formula is C27H35BrN2O2. The molecule has 2 aliphatic rings. The fraction of sp³-hybridized carbons (Fsp3) is 0.556. The third kappa shape index (κ3) is 5.54. The Bertz CT molecular complexity index is 918. The van der Waals surface area contributed by atoms with Crippen molar-refractivity contribution >= 4 is 27.7 Å². The summed E-state index contributed by atoms with van der Waals surface area (Å²) in [5, 5.41) is 0. The molecule has 0 bridgehead atoms. The molecule has 2 saturated carbocycles. The molecule has 1 heterocycles. The third-order valence-corrected chi connectivity index (χ3v) is 7.88. The predicted molar refractivity (Wildman–Crippen MR) is 133 cm³/mol. The molecule has 2 aliphatic carbocycles. The molecule has 2 fully saturated rings. The molecule has 1 aromatic carbocycles. The molecular weight excluding hydrogens is 464 g/mol. The summed E-state index contributed by atoms with van der Waals surface area (Å²) in [6, 6.07) is 10.5. The number of ether oxygens (including phenoxy) is 1. The second-order valence-electron chi connectivity index (χ2n) is 9.56. The van der Waals surface area contributed by atoms with Crippen LogP contribution in [0.15, 0.2) is 41.0 Å². The van der Waals surface area contributed by atoms with E-state index < -0.39 is 0 Å². The van der Waals surface area contributed by atoms with Crippen molar-refractivity contribution in [3.8, 4) is 5.75 Å². The first-order chi connectivity index (χ1) is 15.5. The van der Waals surface area contributed by atoms with E-state index in [1.54, 1.807) is 13.3 Å². The number of halogens is 1. The molecule has 0 N–H and O–H groups in total. The van der Waals surface area contributed by atoms with E-state index in [0.29, 0.717) is 11.8 Å². The van der Waals surface area contributed by atoms with E-state index in [1.807, 2.05) is 17.0 Å². The molecule has 4 rings (SSSR count). The van der Waals surface area contributed by atoms with Crippen molar-refractivity contribution in [2.75, 3.05) is 18.6 Å². The number of carbonyl (C=O) groups excluding carboxylic acids is 1. The minimum atomic E-state index is 0.156. The summed E-state index contributed by atoms with van der Waals surface area (Å²) in [5.41, 5.74) is 2.63. The molecule has 4 nitrogen and oxygen atoms in total. The summed E-state index contributed by atoms with van der Waals surface area (Å²) in [4.78, 5) is 20.1. The Labute approximate surface area is 200 Å². The highest BCUT2D eigenvalue weighted by Gasteiger charge is 2.31. The molecule has 0 saturated heterocycles. The molecule has 0 radical (unpaired) electrons. The lowest BCUT2D eigenvalue weighted by atomic mass is 9.78. The number of rotatable bonds is 6. The number of aromatic nitrogens is 1. The summed E-state index contributed by atoms with van der Waals surface area (Å²) >= 11 is 3.56. The highest BCUT2D eigenvalue weighted by Crippen LogP contribution is 2.38. The van der Waals surface area contributed by atoms with E-state index in [-0.39, 0.29) is 11.8 Å². The van der Waals surface area contributed by atoms with E-state index in [0.717, 1.165) is 48.3 Å². The van der Waals surface area contributed by atoms with E-state index in [1.165, 1.54) is 43.2 Å². The number of nitrogens with zero attached hydrogens (tertiary/aromatic N) is 2. The lowest BCUT2D eigenvalue weighted by Gasteiger charge is -2.35. The van der Waals surface area contributed by atoms with E-state index in [9.17, 15) is 4.79 Å². The zero-order valence-electron chi connectivity index (χ0n) is 19.4. The quantitative estimate of drug-likeness (QED) is 0.428. The number of anilines is 1. The van der Waals surface area contributed by atoms with Crippen LogP contribution in [0, 0.1) is 18.8 Å². The smallest absolute Gasteiger partial charge is 0.231 e. The third-order valence-electron chi connectivity index (χ3n) is 7.38. The van der Waals surface area contributed by atoms with Gasteiger partial charge in [-0.1, -0.05) is 47.3 Å². The van der Waals surface area contributed by atoms with Crippen molar-refractivity contribution in [1.29, 1.82) is 0 Å². The highest BCUT2D eigenvalue weighted by atomic mass is 79.9. The standard InChI is InChI=1S/C27H35BrN2O2/c1-19-16-23(12-13-25(19)32-2)21-10-8-20(9-11-21)18-30(26-17-24(28)14-15-29-26)27(31)22-6-4-3-5-7-22/h12-17,20-22H,3-11,18H2,1-2H3. The first-order valence-electron chi connectivity index (χ1n) is 12.1. The first-order valence-corrected chi connectivity index (χ1v) is 12.9. The van der Waals surface area contributed by atoms with Gasteiger partial charge in [0.1, 0.15) is 11.6 Å². The molecule has 0 unspecified atom stereocenters. The Balaban J connectivity index is 1.43. The minimum Gasteiger partial charge on any atom is -0.496 e. The Hall–Kier alpha value is -1.88. The average molecular weight is 499 g/mol. The van der Waals surface area contributed by atoms with Crippen LogP contribution < -0.4 is 9.64 Å². The van der Waals surface area contributed by atoms with Gasteiger partial charge in [-0.25, -0.2) is 4.98 Å². The predicted octanol–water partition coefficient (Wildman–Crippen LogP) is 7.05. The molecule has 1 aromatic heterocycles. The summed E-state index contributed by atoms with van der Waals surface area (Å²) in [7, 11) is 1.73. The van der Waals surface area contributed by atoms with Gasteiger partial charge in [-0.05, 0) is 86.6 Å². The Morgan fingerprint density at radius 1 is 1.06 bits per heavy atom. The molecule has 32 heavy (non-hydrogen) atoms. The van der Waals surface area contributed by atoms with Gasteiger partial charge in [0.15, 0.2) is 0 Å². The van der Waals surface area contributed by atoms with Crippen LogP contribution >= 0.6 is 15.9 Å². The van der Waals surface area contributed by atoms with E-state index in [4.69, 9.17) is 4.74 Å². The normalized spacial score (nSPS) is 21.8. The molecule has 2 aromatic rings. The van der Waals surface area contributed by atoms with Gasteiger partial charge in [0.2, 0.25) is 5.91 Å². The average Bonchev–Trinajstić information content (AvgIpc) is 2.83. The Kier molecular flexibility index (Phi) is 7.88. The second kappa shape index (κ2) is 10.8. The van der Waals surface area contributed by atoms with Gasteiger partial charge < -0.3 is 4.74 Å². The lowest BCUT2D eigenvalue weighted by Crippen LogP contribution is -2.41. The monoisotopic (exact) mass is 498 g/mol. The maximum Gasteiger partial charge on any atom is 0.231 e. The van der Waals surface area contributed by atoms with Crippen molar-refractivity contribution in [3.63, 3.8) is 0 Å². The van der Waals surface area contributed by atoms with Crippen LogP contribution in [-0.2, 0) is 4.79 Å². The van der Waals surface area contributed by atoms with Gasteiger partial charge >= 0.3 is 0 Å². The Morgan fingerprint density at radius 3 is 2.47 bits per heavy atom. The van der Waals surface area contributed by atoms with Crippen LogP contribution in [0.1, 0.15) is 74.8 Å². The van der Waals surface area contributed by atoms with Gasteiger partial charge in [0.05, 0.1) is 7.11 Å². The van der Waals surface area contributed by atoms with Crippen molar-refractivity contribution in [1.82, 2.24) is 4.98 Å². The van der Waals surface area contributed by atoms with Gasteiger partial charge in [0.25, 0.3) is 0 Å². The number of amides is 1. The van der Waals surface area contributed by atoms with Gasteiger partial charge in [0, 0.05) is 23.1 Å². The number of pyridine rings is 1. The van der Waals surface area contributed by atoms with Crippen LogP contribution in [0.5, 0.6) is 5.75 Å². The van der Waals surface area contributed by atoms with E-state index >= 15 is 0 Å². The number of benzene rings is 1. The van der Waals surface area contributed by atoms with Gasteiger partial charge in [-0.15, -0.1) is 0 Å². The maximum atomic E-state index is 13.5. The van der Waals surface area contributed by atoms with Crippen molar-refractivity contribution in [3.05, 3.63) is 52.1 Å². The summed E-state index contributed by atoms with van der Waals surface area (Å²) in [6.45, 7) is 2.90. The molecule has 0 spiro atoms. The van der Waals surface area contributed by atoms with E-state index in [2.05, 4.69) is 46.0 Å². The second-order valence-corrected chi connectivity index (χ2v) is 10.5. The molecule has 0 aliphatic heterocycles. The van der Waals surface area contributed by atoms with Crippen LogP contribution in [0.4, 0.5) is 5.82 Å². The zero-order chi connectivity index (χ0) is 22.5. The lowest BCUT2D eigenvalue weighted by molar-refractivity contribution is -0.123. The highest BCUT2D eigenvalue weighted by molar-refractivity contribution is 9.10. The number of carbonyl (C=O) groups is 1. The summed E-state index contributed by atoms with van der Waals surface area (Å²) in [5.74, 6) is 3.32. The molecule has 0 atom stereocenters. The number of methoxy groups -OCH3 is 1. The summed E-state index contributed by atoms with van der Waals surface area (Å²) < 4.78 is 6.40. The van der Waals surface area contributed by atoms with Crippen LogP contribution in [-0.4, -0.2) is 24.5 Å². The maximum absolute atomic E-state index is 13.5. The number of aryl methyl sites for hydroxylation is 1. The zero-order valence-corrected chi connectivity index (χ0v) is 20.9. The topological polar surface area (TPSA) is 42.4 Å². The molecule has 5 heteroatoms. The van der Waals surface area contributed by atoms with Crippen molar-refractivity contribution in [2.45, 2.75) is 70.6 Å². The SMILES string of the molecule is COc1ccc(C2CCC(CN(C(=O)C3CCCCC3)c3cc(Br)ccn3)CC2)cc1C. The number of hydrogen-bond acceptors (Lipinski definition) is 3.